The van der Waals surface area contributed by atoms with Crippen molar-refractivity contribution >= 4 is 15.9 Å². The molecule has 1 heterocycles. The van der Waals surface area contributed by atoms with Gasteiger partial charge < -0.3 is 14.2 Å². The van der Waals surface area contributed by atoms with Crippen LogP contribution in [0.15, 0.2) is 28.7 Å². The fourth-order valence-corrected chi connectivity index (χ4v) is 1.39. The molecule has 1 aliphatic heterocycles. The van der Waals surface area contributed by atoms with Crippen molar-refractivity contribution in [2.75, 3.05) is 26.4 Å². The second-order valence-corrected chi connectivity index (χ2v) is 4.25. The molecule has 1 unspecified atom stereocenters. The molecule has 3 nitrogen and oxygen atoms in total. The predicted octanol–water partition coefficient (Wildman–Crippen LogP) is 2.24. The van der Waals surface area contributed by atoms with Crippen LogP contribution in [0.2, 0.25) is 0 Å². The van der Waals surface area contributed by atoms with E-state index in [9.17, 15) is 0 Å². The highest BCUT2D eigenvalue weighted by Crippen LogP contribution is 2.15. The lowest BCUT2D eigenvalue weighted by Gasteiger charge is -2.06. The molecule has 1 aromatic carbocycles. The van der Waals surface area contributed by atoms with Crippen LogP contribution < -0.4 is 4.74 Å². The van der Waals surface area contributed by atoms with Crippen LogP contribution in [0.3, 0.4) is 0 Å². The van der Waals surface area contributed by atoms with E-state index < -0.39 is 0 Å². The number of hydrogen-bond donors (Lipinski definition) is 0. The van der Waals surface area contributed by atoms with Gasteiger partial charge >= 0.3 is 0 Å². The molecule has 0 spiro atoms. The summed E-state index contributed by atoms with van der Waals surface area (Å²) in [6, 6.07) is 7.75. The molecule has 2 rings (SSSR count). The number of hydrogen-bond acceptors (Lipinski definition) is 3. The molecule has 1 aliphatic rings. The van der Waals surface area contributed by atoms with Crippen LogP contribution >= 0.6 is 15.9 Å². The van der Waals surface area contributed by atoms with E-state index in [2.05, 4.69) is 15.9 Å². The fraction of sp³-hybridized carbons (Fsp3) is 0.455. The second-order valence-electron chi connectivity index (χ2n) is 3.33. The van der Waals surface area contributed by atoms with Crippen LogP contribution in [0.1, 0.15) is 0 Å². The summed E-state index contributed by atoms with van der Waals surface area (Å²) in [6.07, 6.45) is 0.331. The Morgan fingerprint density at radius 2 is 2.00 bits per heavy atom. The minimum Gasteiger partial charge on any atom is -0.491 e. The van der Waals surface area contributed by atoms with E-state index in [1.165, 1.54) is 0 Å². The first-order valence-corrected chi connectivity index (χ1v) is 5.71. The molecule has 0 amide bonds. The largest absolute Gasteiger partial charge is 0.491 e. The molecule has 1 fully saturated rings. The summed E-state index contributed by atoms with van der Waals surface area (Å²) in [5.74, 6) is 0.865. The average molecular weight is 273 g/mol. The van der Waals surface area contributed by atoms with Crippen LogP contribution in [0.25, 0.3) is 0 Å². The molecule has 1 aromatic rings. The third kappa shape index (κ3) is 4.20. The zero-order valence-electron chi connectivity index (χ0n) is 8.32. The highest BCUT2D eigenvalue weighted by Gasteiger charge is 2.21. The minimum absolute atomic E-state index is 0.331. The third-order valence-electron chi connectivity index (χ3n) is 2.02. The molecule has 0 saturated carbocycles. The standard InChI is InChI=1S/C11H13BrO3/c12-9-1-3-10(4-2-9)14-6-5-13-7-11-8-15-11/h1-4,11H,5-8H2. The molecular weight excluding hydrogens is 260 g/mol. The lowest BCUT2D eigenvalue weighted by atomic mass is 10.3. The van der Waals surface area contributed by atoms with Crippen molar-refractivity contribution in [3.8, 4) is 5.75 Å². The smallest absolute Gasteiger partial charge is 0.119 e. The van der Waals surface area contributed by atoms with Gasteiger partial charge in [-0.25, -0.2) is 0 Å². The molecule has 4 heteroatoms. The Labute approximate surface area is 97.5 Å². The summed E-state index contributed by atoms with van der Waals surface area (Å²) in [5.41, 5.74) is 0. The number of halogens is 1. The van der Waals surface area contributed by atoms with E-state index in [1.54, 1.807) is 0 Å². The van der Waals surface area contributed by atoms with Crippen LogP contribution in [0, 0.1) is 0 Å². The highest BCUT2D eigenvalue weighted by atomic mass is 79.9. The van der Waals surface area contributed by atoms with Gasteiger partial charge in [0.25, 0.3) is 0 Å². The number of epoxide rings is 1. The molecule has 0 N–H and O–H groups in total. The van der Waals surface area contributed by atoms with E-state index in [-0.39, 0.29) is 0 Å². The van der Waals surface area contributed by atoms with E-state index in [4.69, 9.17) is 14.2 Å². The second kappa shape index (κ2) is 5.49. The number of ether oxygens (including phenoxy) is 3. The molecule has 1 atom stereocenters. The zero-order chi connectivity index (χ0) is 10.5. The molecule has 0 aromatic heterocycles. The molecule has 0 bridgehead atoms. The topological polar surface area (TPSA) is 31.0 Å². The van der Waals surface area contributed by atoms with E-state index in [0.29, 0.717) is 25.9 Å². The van der Waals surface area contributed by atoms with Gasteiger partial charge in [-0.05, 0) is 24.3 Å². The predicted molar refractivity (Wildman–Crippen MR) is 60.2 cm³/mol. The minimum atomic E-state index is 0.331. The van der Waals surface area contributed by atoms with Gasteiger partial charge in [0.05, 0.1) is 19.8 Å². The van der Waals surface area contributed by atoms with Gasteiger partial charge in [-0.2, -0.15) is 0 Å². The zero-order valence-corrected chi connectivity index (χ0v) is 9.90. The van der Waals surface area contributed by atoms with Gasteiger partial charge in [0.1, 0.15) is 18.5 Å². The van der Waals surface area contributed by atoms with Gasteiger partial charge in [0.2, 0.25) is 0 Å². The summed E-state index contributed by atoms with van der Waals surface area (Å²) in [4.78, 5) is 0. The van der Waals surface area contributed by atoms with Gasteiger partial charge in [0.15, 0.2) is 0 Å². The van der Waals surface area contributed by atoms with Crippen LogP contribution in [0.4, 0.5) is 0 Å². The summed E-state index contributed by atoms with van der Waals surface area (Å²) in [6.45, 7) is 2.71. The van der Waals surface area contributed by atoms with Crippen molar-refractivity contribution in [3.63, 3.8) is 0 Å². The fourth-order valence-electron chi connectivity index (χ4n) is 1.13. The van der Waals surface area contributed by atoms with Gasteiger partial charge in [0, 0.05) is 4.47 Å². The van der Waals surface area contributed by atoms with Crippen molar-refractivity contribution in [1.29, 1.82) is 0 Å². The maximum atomic E-state index is 5.48. The SMILES string of the molecule is Brc1ccc(OCCOCC2CO2)cc1. The van der Waals surface area contributed by atoms with Gasteiger partial charge in [-0.15, -0.1) is 0 Å². The van der Waals surface area contributed by atoms with E-state index in [1.807, 2.05) is 24.3 Å². The Kier molecular flexibility index (Phi) is 4.00. The van der Waals surface area contributed by atoms with Crippen LogP contribution in [0.5, 0.6) is 5.75 Å². The lowest BCUT2D eigenvalue weighted by molar-refractivity contribution is 0.0878. The Hall–Kier alpha value is -0.580. The summed E-state index contributed by atoms with van der Waals surface area (Å²) >= 11 is 3.37. The first-order chi connectivity index (χ1) is 7.34. The lowest BCUT2D eigenvalue weighted by Crippen LogP contribution is -2.09. The first-order valence-electron chi connectivity index (χ1n) is 4.92. The first kappa shape index (κ1) is 10.9. The Bertz CT molecular complexity index is 295. The normalized spacial score (nSPS) is 18.9. The quantitative estimate of drug-likeness (QED) is 0.588. The molecule has 0 aliphatic carbocycles. The molecular formula is C11H13BrO3. The number of rotatable bonds is 6. The maximum Gasteiger partial charge on any atom is 0.119 e. The Balaban J connectivity index is 1.58. The van der Waals surface area contributed by atoms with Crippen molar-refractivity contribution in [3.05, 3.63) is 28.7 Å². The van der Waals surface area contributed by atoms with Gasteiger partial charge in [-0.3, -0.25) is 0 Å². The summed E-state index contributed by atoms with van der Waals surface area (Å²) in [7, 11) is 0. The van der Waals surface area contributed by atoms with E-state index >= 15 is 0 Å². The van der Waals surface area contributed by atoms with Crippen molar-refractivity contribution in [2.24, 2.45) is 0 Å². The van der Waals surface area contributed by atoms with Gasteiger partial charge in [-0.1, -0.05) is 15.9 Å². The number of benzene rings is 1. The molecule has 0 radical (unpaired) electrons. The molecule has 15 heavy (non-hydrogen) atoms. The van der Waals surface area contributed by atoms with Crippen molar-refractivity contribution < 1.29 is 14.2 Å². The third-order valence-corrected chi connectivity index (χ3v) is 2.54. The Morgan fingerprint density at radius 3 is 2.67 bits per heavy atom. The monoisotopic (exact) mass is 272 g/mol. The van der Waals surface area contributed by atoms with Crippen LogP contribution in [-0.4, -0.2) is 32.5 Å². The van der Waals surface area contributed by atoms with Crippen molar-refractivity contribution in [1.82, 2.24) is 0 Å². The highest BCUT2D eigenvalue weighted by molar-refractivity contribution is 9.10. The molecule has 82 valence electrons. The molecule has 1 saturated heterocycles. The van der Waals surface area contributed by atoms with Crippen molar-refractivity contribution in [2.45, 2.75) is 6.10 Å². The Morgan fingerprint density at radius 1 is 1.27 bits per heavy atom. The summed E-state index contributed by atoms with van der Waals surface area (Å²) in [5, 5.41) is 0. The maximum absolute atomic E-state index is 5.48. The average Bonchev–Trinajstić information content (AvgIpc) is 3.04. The van der Waals surface area contributed by atoms with E-state index in [0.717, 1.165) is 16.8 Å². The van der Waals surface area contributed by atoms with Crippen LogP contribution in [-0.2, 0) is 9.47 Å². The summed E-state index contributed by atoms with van der Waals surface area (Å²) < 4.78 is 16.9.